The fourth-order valence-corrected chi connectivity index (χ4v) is 2.70. The van der Waals surface area contributed by atoms with E-state index >= 15 is 0 Å². The van der Waals surface area contributed by atoms with Crippen molar-refractivity contribution in [3.63, 3.8) is 0 Å². The van der Waals surface area contributed by atoms with Gasteiger partial charge in [-0.1, -0.05) is 48.0 Å². The van der Waals surface area contributed by atoms with Gasteiger partial charge >= 0.3 is 0 Å². The molecule has 21 heavy (non-hydrogen) atoms. The first kappa shape index (κ1) is 16.0. The van der Waals surface area contributed by atoms with Gasteiger partial charge in [0.05, 0.1) is 0 Å². The summed E-state index contributed by atoms with van der Waals surface area (Å²) in [5.74, 6) is 0. The van der Waals surface area contributed by atoms with E-state index in [0.717, 1.165) is 18.1 Å². The summed E-state index contributed by atoms with van der Waals surface area (Å²) in [6.45, 7) is 3.88. The Balaban J connectivity index is 1.97. The van der Waals surface area contributed by atoms with E-state index in [4.69, 9.17) is 11.6 Å². The van der Waals surface area contributed by atoms with Crippen molar-refractivity contribution in [2.45, 2.75) is 19.5 Å². The Kier molecular flexibility index (Phi) is 5.80. The third kappa shape index (κ3) is 4.57. The summed E-state index contributed by atoms with van der Waals surface area (Å²) in [4.78, 5) is 2.25. The molecule has 0 aliphatic heterocycles. The predicted octanol–water partition coefficient (Wildman–Crippen LogP) is 4.04. The normalized spacial score (nSPS) is 12.6. The number of halogens is 1. The molecular weight excluding hydrogens is 280 g/mol. The summed E-state index contributed by atoms with van der Waals surface area (Å²) in [5.41, 5.74) is 3.86. The monoisotopic (exact) mass is 302 g/mol. The zero-order chi connectivity index (χ0) is 15.2. The largest absolute Gasteiger partial charge is 0.311 e. The Morgan fingerprint density at radius 3 is 2.43 bits per heavy atom. The molecule has 0 spiro atoms. The fourth-order valence-electron chi connectivity index (χ4n) is 2.47. The Bertz CT molecular complexity index is 567. The number of hydrogen-bond donors (Lipinski definition) is 1. The minimum Gasteiger partial charge on any atom is -0.311 e. The van der Waals surface area contributed by atoms with Crippen molar-refractivity contribution in [2.75, 3.05) is 20.6 Å². The van der Waals surface area contributed by atoms with E-state index in [0.29, 0.717) is 6.04 Å². The molecule has 1 atom stereocenters. The van der Waals surface area contributed by atoms with Gasteiger partial charge in [0.25, 0.3) is 0 Å². The van der Waals surface area contributed by atoms with Gasteiger partial charge in [-0.3, -0.25) is 0 Å². The quantitative estimate of drug-likeness (QED) is 0.866. The standard InChI is InChI=1S/C18H23ClN2/c1-14-11-17(19)10-9-16(14)12-20-13-18(21(2)3)15-7-5-4-6-8-15/h4-11,18,20H,12-13H2,1-3H3. The summed E-state index contributed by atoms with van der Waals surface area (Å²) < 4.78 is 0. The second kappa shape index (κ2) is 7.60. The van der Waals surface area contributed by atoms with Gasteiger partial charge in [0, 0.05) is 24.2 Å². The Hall–Kier alpha value is -1.35. The van der Waals surface area contributed by atoms with Crippen LogP contribution in [0.2, 0.25) is 5.02 Å². The van der Waals surface area contributed by atoms with Crippen molar-refractivity contribution in [1.29, 1.82) is 0 Å². The highest BCUT2D eigenvalue weighted by Gasteiger charge is 2.13. The number of hydrogen-bond acceptors (Lipinski definition) is 2. The molecule has 1 unspecified atom stereocenters. The van der Waals surface area contributed by atoms with E-state index in [2.05, 4.69) is 67.6 Å². The van der Waals surface area contributed by atoms with Crippen LogP contribution >= 0.6 is 11.6 Å². The van der Waals surface area contributed by atoms with Crippen LogP contribution in [0.5, 0.6) is 0 Å². The molecule has 0 saturated heterocycles. The van der Waals surface area contributed by atoms with Crippen LogP contribution in [-0.2, 0) is 6.54 Å². The van der Waals surface area contributed by atoms with Crippen molar-refractivity contribution < 1.29 is 0 Å². The smallest absolute Gasteiger partial charge is 0.0466 e. The lowest BCUT2D eigenvalue weighted by Crippen LogP contribution is -2.30. The van der Waals surface area contributed by atoms with Crippen LogP contribution in [0.15, 0.2) is 48.5 Å². The molecule has 3 heteroatoms. The molecular formula is C18H23ClN2. The molecule has 0 saturated carbocycles. The van der Waals surface area contributed by atoms with Gasteiger partial charge < -0.3 is 10.2 Å². The maximum atomic E-state index is 6.00. The molecule has 0 bridgehead atoms. The van der Waals surface area contributed by atoms with E-state index in [1.165, 1.54) is 16.7 Å². The second-order valence-corrected chi connectivity index (χ2v) is 6.03. The molecule has 2 aromatic carbocycles. The van der Waals surface area contributed by atoms with Crippen LogP contribution in [0.25, 0.3) is 0 Å². The predicted molar refractivity (Wildman–Crippen MR) is 90.8 cm³/mol. The molecule has 2 rings (SSSR count). The molecule has 0 aliphatic carbocycles. The maximum Gasteiger partial charge on any atom is 0.0466 e. The van der Waals surface area contributed by atoms with Crippen molar-refractivity contribution in [3.05, 3.63) is 70.2 Å². The van der Waals surface area contributed by atoms with Crippen LogP contribution in [0.4, 0.5) is 0 Å². The minimum atomic E-state index is 0.374. The number of benzene rings is 2. The lowest BCUT2D eigenvalue weighted by Gasteiger charge is -2.25. The zero-order valence-electron chi connectivity index (χ0n) is 12.9. The zero-order valence-corrected chi connectivity index (χ0v) is 13.7. The van der Waals surface area contributed by atoms with E-state index in [1.807, 2.05) is 12.1 Å². The lowest BCUT2D eigenvalue weighted by atomic mass is 10.1. The average molecular weight is 303 g/mol. The summed E-state index contributed by atoms with van der Waals surface area (Å²) in [6.07, 6.45) is 0. The maximum absolute atomic E-state index is 6.00. The molecule has 1 N–H and O–H groups in total. The van der Waals surface area contributed by atoms with E-state index in [9.17, 15) is 0 Å². The first-order valence-corrected chi connectivity index (χ1v) is 7.63. The SMILES string of the molecule is Cc1cc(Cl)ccc1CNCC(c1ccccc1)N(C)C. The Morgan fingerprint density at radius 1 is 1.10 bits per heavy atom. The van der Waals surface area contributed by atoms with Gasteiger partial charge in [-0.15, -0.1) is 0 Å². The van der Waals surface area contributed by atoms with Crippen LogP contribution in [0.1, 0.15) is 22.7 Å². The molecule has 0 aliphatic rings. The molecule has 0 radical (unpaired) electrons. The molecule has 0 fully saturated rings. The number of nitrogens with one attached hydrogen (secondary N) is 1. The van der Waals surface area contributed by atoms with E-state index in [-0.39, 0.29) is 0 Å². The lowest BCUT2D eigenvalue weighted by molar-refractivity contribution is 0.288. The van der Waals surface area contributed by atoms with Crippen LogP contribution in [0.3, 0.4) is 0 Å². The summed E-state index contributed by atoms with van der Waals surface area (Å²) in [6, 6.07) is 17.0. The van der Waals surface area contributed by atoms with Crippen LogP contribution in [-0.4, -0.2) is 25.5 Å². The molecule has 2 aromatic rings. The van der Waals surface area contributed by atoms with Gasteiger partial charge in [0.15, 0.2) is 0 Å². The number of rotatable bonds is 6. The summed E-state index contributed by atoms with van der Waals surface area (Å²) in [7, 11) is 4.24. The fraction of sp³-hybridized carbons (Fsp3) is 0.333. The third-order valence-electron chi connectivity index (χ3n) is 3.77. The van der Waals surface area contributed by atoms with Crippen molar-refractivity contribution in [1.82, 2.24) is 10.2 Å². The highest BCUT2D eigenvalue weighted by Crippen LogP contribution is 2.18. The molecule has 112 valence electrons. The Morgan fingerprint density at radius 2 is 1.81 bits per heavy atom. The van der Waals surface area contributed by atoms with Crippen molar-refractivity contribution >= 4 is 11.6 Å². The van der Waals surface area contributed by atoms with E-state index < -0.39 is 0 Å². The first-order valence-electron chi connectivity index (χ1n) is 7.25. The molecule has 0 heterocycles. The summed E-state index contributed by atoms with van der Waals surface area (Å²) >= 11 is 6.00. The molecule has 2 nitrogen and oxygen atoms in total. The minimum absolute atomic E-state index is 0.374. The van der Waals surface area contributed by atoms with Gasteiger partial charge in [-0.2, -0.15) is 0 Å². The summed E-state index contributed by atoms with van der Waals surface area (Å²) in [5, 5.41) is 4.36. The topological polar surface area (TPSA) is 15.3 Å². The average Bonchev–Trinajstić information content (AvgIpc) is 2.46. The number of aryl methyl sites for hydroxylation is 1. The third-order valence-corrected chi connectivity index (χ3v) is 4.00. The van der Waals surface area contributed by atoms with Crippen LogP contribution < -0.4 is 5.32 Å². The van der Waals surface area contributed by atoms with Crippen molar-refractivity contribution in [2.24, 2.45) is 0 Å². The van der Waals surface area contributed by atoms with Gasteiger partial charge in [-0.05, 0) is 49.8 Å². The second-order valence-electron chi connectivity index (χ2n) is 5.59. The van der Waals surface area contributed by atoms with Gasteiger partial charge in [0.1, 0.15) is 0 Å². The molecule has 0 amide bonds. The van der Waals surface area contributed by atoms with Gasteiger partial charge in [-0.25, -0.2) is 0 Å². The first-order chi connectivity index (χ1) is 10.1. The number of likely N-dealkylation sites (N-methyl/N-ethyl adjacent to an activating group) is 1. The molecule has 0 aromatic heterocycles. The van der Waals surface area contributed by atoms with Crippen molar-refractivity contribution in [3.8, 4) is 0 Å². The van der Waals surface area contributed by atoms with Gasteiger partial charge in [0.2, 0.25) is 0 Å². The van der Waals surface area contributed by atoms with E-state index in [1.54, 1.807) is 0 Å². The van der Waals surface area contributed by atoms with Crippen LogP contribution in [0, 0.1) is 6.92 Å². The highest BCUT2D eigenvalue weighted by atomic mass is 35.5. The number of nitrogens with zero attached hydrogens (tertiary/aromatic N) is 1. The Labute approximate surface area is 132 Å². The highest BCUT2D eigenvalue weighted by molar-refractivity contribution is 6.30.